The predicted molar refractivity (Wildman–Crippen MR) is 233 cm³/mol. The number of phenolic OH excluding ortho intramolecular Hbond substituents is 3. The van der Waals surface area contributed by atoms with Crippen LogP contribution < -0.4 is 0 Å². The van der Waals surface area contributed by atoms with Crippen molar-refractivity contribution in [3.05, 3.63) is 196 Å². The Morgan fingerprint density at radius 3 is 0.714 bits per heavy atom. The van der Waals surface area contributed by atoms with E-state index in [0.717, 1.165) is 33.4 Å². The zero-order chi connectivity index (χ0) is 45.7. The van der Waals surface area contributed by atoms with Gasteiger partial charge in [0, 0.05) is 17.8 Å². The third kappa shape index (κ3) is 16.0. The average Bonchev–Trinajstić information content (AvgIpc) is 3.27. The minimum atomic E-state index is -0.320. The summed E-state index contributed by atoms with van der Waals surface area (Å²) in [5, 5.41) is 28.1. The summed E-state index contributed by atoms with van der Waals surface area (Å²) in [6, 6.07) is 38.1. The third-order valence-electron chi connectivity index (χ3n) is 9.73. The monoisotopic (exact) mass is 864 g/mol. The van der Waals surface area contributed by atoms with Gasteiger partial charge in [-0.3, -0.25) is 14.4 Å². The number of hydrogen-bond acceptors (Lipinski definition) is 9. The molecule has 3 atom stereocenters. The van der Waals surface area contributed by atoms with Gasteiger partial charge in [0.2, 0.25) is 0 Å². The second-order valence-electron chi connectivity index (χ2n) is 14.1. The maximum absolute atomic E-state index is 13.1. The summed E-state index contributed by atoms with van der Waals surface area (Å²) in [5.74, 6) is -2.09. The fraction of sp³-hybridized carbons (Fsp3) is 0.235. The van der Waals surface area contributed by atoms with Crippen molar-refractivity contribution in [3.63, 3.8) is 0 Å². The van der Waals surface area contributed by atoms with Crippen LogP contribution in [0.15, 0.2) is 146 Å². The topological polar surface area (TPSA) is 140 Å². The molecule has 0 saturated heterocycles. The van der Waals surface area contributed by atoms with E-state index in [4.69, 9.17) is 14.2 Å². The van der Waals surface area contributed by atoms with Crippen LogP contribution in [0.25, 0.3) is 0 Å². The van der Waals surface area contributed by atoms with Crippen molar-refractivity contribution in [1.82, 2.24) is 0 Å². The average molecular weight is 865 g/mol. The molecular formula is C51H51F3O9. The van der Waals surface area contributed by atoms with E-state index in [1.807, 2.05) is 0 Å². The SMILES string of the molecule is CCOC(=O)CC(c1ccc(O)cc1)c1ccc(F)cc1.CCOC(=O)C[C@@H](c1ccc(O)cc1)c1ccc(F)cc1.CCOC(=O)C[C@H](c1ccc(O)cc1)c1ccc(F)cc1. The Bertz CT molecular complexity index is 1900. The fourth-order valence-corrected chi connectivity index (χ4v) is 6.65. The summed E-state index contributed by atoms with van der Waals surface area (Å²) in [6.45, 7) is 6.24. The molecule has 330 valence electrons. The van der Waals surface area contributed by atoms with Crippen LogP contribution >= 0.6 is 0 Å². The number of phenols is 3. The minimum Gasteiger partial charge on any atom is -0.508 e. The largest absolute Gasteiger partial charge is 0.508 e. The maximum Gasteiger partial charge on any atom is 0.306 e. The number of rotatable bonds is 15. The van der Waals surface area contributed by atoms with Crippen LogP contribution in [-0.4, -0.2) is 53.0 Å². The molecule has 0 aliphatic heterocycles. The number of halogens is 3. The Labute approximate surface area is 365 Å². The van der Waals surface area contributed by atoms with Crippen molar-refractivity contribution in [2.45, 2.75) is 57.8 Å². The van der Waals surface area contributed by atoms with Crippen molar-refractivity contribution in [1.29, 1.82) is 0 Å². The Hall–Kier alpha value is -7.08. The first-order chi connectivity index (χ1) is 30.3. The molecule has 9 nitrogen and oxygen atoms in total. The van der Waals surface area contributed by atoms with E-state index in [-0.39, 0.29) is 89.6 Å². The number of carbonyl (C=O) groups excluding carboxylic acids is 3. The van der Waals surface area contributed by atoms with Crippen molar-refractivity contribution in [2.75, 3.05) is 19.8 Å². The Balaban J connectivity index is 0.000000207. The molecule has 0 bridgehead atoms. The second kappa shape index (κ2) is 25.0. The van der Waals surface area contributed by atoms with Gasteiger partial charge in [0.25, 0.3) is 0 Å². The van der Waals surface area contributed by atoms with Crippen LogP contribution in [0.5, 0.6) is 17.2 Å². The van der Waals surface area contributed by atoms with Gasteiger partial charge in [-0.15, -0.1) is 0 Å². The van der Waals surface area contributed by atoms with Crippen LogP contribution in [0.1, 0.15) is 91.2 Å². The molecule has 3 N–H and O–H groups in total. The summed E-state index contributed by atoms with van der Waals surface area (Å²) in [5.41, 5.74) is 5.09. The molecule has 0 saturated carbocycles. The van der Waals surface area contributed by atoms with Gasteiger partial charge in [-0.1, -0.05) is 72.8 Å². The molecule has 12 heteroatoms. The second-order valence-corrected chi connectivity index (χ2v) is 14.1. The lowest BCUT2D eigenvalue weighted by atomic mass is 9.88. The van der Waals surface area contributed by atoms with Crippen LogP contribution in [0.2, 0.25) is 0 Å². The summed E-state index contributed by atoms with van der Waals surface area (Å²) in [7, 11) is 0. The number of benzene rings is 6. The molecule has 0 amide bonds. The molecule has 6 rings (SSSR count). The first-order valence-electron chi connectivity index (χ1n) is 20.4. The number of esters is 3. The molecule has 0 aliphatic rings. The molecule has 6 aromatic rings. The zero-order valence-electron chi connectivity index (χ0n) is 35.3. The van der Waals surface area contributed by atoms with Gasteiger partial charge in [0.1, 0.15) is 34.7 Å². The quantitative estimate of drug-likeness (QED) is 0.0680. The molecule has 0 spiro atoms. The third-order valence-corrected chi connectivity index (χ3v) is 9.73. The summed E-state index contributed by atoms with van der Waals surface area (Å²) in [6.07, 6.45) is 0.513. The number of carbonyl (C=O) groups is 3. The minimum absolute atomic E-state index is 0.160. The number of aromatic hydroxyl groups is 3. The molecule has 1 unspecified atom stereocenters. The molecule has 0 radical (unpaired) electrons. The van der Waals surface area contributed by atoms with E-state index in [9.17, 15) is 42.9 Å². The molecule has 0 heterocycles. The lowest BCUT2D eigenvalue weighted by Gasteiger charge is -2.17. The van der Waals surface area contributed by atoms with E-state index >= 15 is 0 Å². The first kappa shape index (κ1) is 48.6. The summed E-state index contributed by atoms with van der Waals surface area (Å²) >= 11 is 0. The van der Waals surface area contributed by atoms with Gasteiger partial charge in [0.15, 0.2) is 0 Å². The summed E-state index contributed by atoms with van der Waals surface area (Å²) in [4.78, 5) is 35.4. The number of ether oxygens (including phenoxy) is 3. The van der Waals surface area contributed by atoms with Crippen molar-refractivity contribution < 1.29 is 57.1 Å². The zero-order valence-corrected chi connectivity index (χ0v) is 35.3. The standard InChI is InChI=1S/3C17H17FO3/c3*1-2-21-17(20)11-16(12-3-7-14(18)8-4-12)13-5-9-15(19)10-6-13/h3*3-10,16,19H,2,11H2,1H3/t2*16-;/m10./s1. The smallest absolute Gasteiger partial charge is 0.306 e. The fourth-order valence-electron chi connectivity index (χ4n) is 6.65. The highest BCUT2D eigenvalue weighted by molar-refractivity contribution is 5.72. The van der Waals surface area contributed by atoms with E-state index in [1.54, 1.807) is 130 Å². The highest BCUT2D eigenvalue weighted by Gasteiger charge is 2.22. The molecule has 0 aliphatic carbocycles. The van der Waals surface area contributed by atoms with Gasteiger partial charge < -0.3 is 29.5 Å². The van der Waals surface area contributed by atoms with Gasteiger partial charge >= 0.3 is 17.9 Å². The van der Waals surface area contributed by atoms with Crippen molar-refractivity contribution in [2.24, 2.45) is 0 Å². The van der Waals surface area contributed by atoms with E-state index in [1.165, 1.54) is 36.4 Å². The normalized spacial score (nSPS) is 11.9. The lowest BCUT2D eigenvalue weighted by molar-refractivity contribution is -0.144. The predicted octanol–water partition coefficient (Wildman–Crippen LogP) is 10.8. The molecular weight excluding hydrogens is 814 g/mol. The van der Waals surface area contributed by atoms with Gasteiger partial charge in [0.05, 0.1) is 39.1 Å². The van der Waals surface area contributed by atoms with Crippen LogP contribution in [0.4, 0.5) is 13.2 Å². The summed E-state index contributed by atoms with van der Waals surface area (Å²) < 4.78 is 54.2. The van der Waals surface area contributed by atoms with Crippen LogP contribution in [-0.2, 0) is 28.6 Å². The van der Waals surface area contributed by atoms with E-state index in [0.29, 0.717) is 19.8 Å². The van der Waals surface area contributed by atoms with Gasteiger partial charge in [-0.05, 0) is 127 Å². The van der Waals surface area contributed by atoms with Gasteiger partial charge in [-0.2, -0.15) is 0 Å². The van der Waals surface area contributed by atoms with E-state index < -0.39 is 0 Å². The van der Waals surface area contributed by atoms with Crippen molar-refractivity contribution >= 4 is 17.9 Å². The Morgan fingerprint density at radius 1 is 0.365 bits per heavy atom. The van der Waals surface area contributed by atoms with E-state index in [2.05, 4.69) is 0 Å². The Kier molecular flexibility index (Phi) is 19.3. The highest BCUT2D eigenvalue weighted by Crippen LogP contribution is 2.32. The Morgan fingerprint density at radius 2 is 0.540 bits per heavy atom. The van der Waals surface area contributed by atoms with Gasteiger partial charge in [-0.25, -0.2) is 13.2 Å². The highest BCUT2D eigenvalue weighted by atomic mass is 19.1. The number of hydrogen-bond donors (Lipinski definition) is 3. The molecule has 0 fully saturated rings. The van der Waals surface area contributed by atoms with Crippen molar-refractivity contribution in [3.8, 4) is 17.2 Å². The molecule has 63 heavy (non-hydrogen) atoms. The molecule has 6 aromatic carbocycles. The maximum atomic E-state index is 13.1. The van der Waals surface area contributed by atoms with Crippen LogP contribution in [0, 0.1) is 17.5 Å². The molecule has 0 aromatic heterocycles. The first-order valence-corrected chi connectivity index (χ1v) is 20.4. The lowest BCUT2D eigenvalue weighted by Crippen LogP contribution is -2.11. The van der Waals surface area contributed by atoms with Crippen LogP contribution in [0.3, 0.4) is 0 Å².